The van der Waals surface area contributed by atoms with Crippen LogP contribution >= 0.6 is 0 Å². The number of nitrogens with one attached hydrogen (secondary N) is 1. The molecule has 29 heavy (non-hydrogen) atoms. The van der Waals surface area contributed by atoms with Crippen LogP contribution in [0.15, 0.2) is 30.5 Å². The summed E-state index contributed by atoms with van der Waals surface area (Å²) in [5.41, 5.74) is 3.48. The molecule has 0 unspecified atom stereocenters. The highest BCUT2D eigenvalue weighted by Crippen LogP contribution is 2.30. The molecule has 0 saturated carbocycles. The van der Waals surface area contributed by atoms with Gasteiger partial charge in [0.05, 0.1) is 12.6 Å². The molecule has 1 aromatic heterocycles. The zero-order valence-corrected chi connectivity index (χ0v) is 17.2. The van der Waals surface area contributed by atoms with Crippen molar-refractivity contribution >= 4 is 5.91 Å². The molecular formula is C23H30N4O2. The first kappa shape index (κ1) is 19.8. The topological polar surface area (TPSA) is 67.3 Å². The van der Waals surface area contributed by atoms with Gasteiger partial charge in [0.1, 0.15) is 5.75 Å². The Morgan fingerprint density at radius 3 is 2.97 bits per heavy atom. The van der Waals surface area contributed by atoms with E-state index in [-0.39, 0.29) is 11.9 Å². The van der Waals surface area contributed by atoms with E-state index in [2.05, 4.69) is 10.3 Å². The molecule has 0 radical (unpaired) electrons. The summed E-state index contributed by atoms with van der Waals surface area (Å²) in [6.07, 6.45) is 7.26. The van der Waals surface area contributed by atoms with Crippen molar-refractivity contribution in [1.29, 1.82) is 0 Å². The van der Waals surface area contributed by atoms with E-state index in [1.807, 2.05) is 42.3 Å². The molecule has 0 bridgehead atoms. The van der Waals surface area contributed by atoms with Crippen LogP contribution in [-0.4, -0.2) is 40.5 Å². The van der Waals surface area contributed by atoms with E-state index in [0.717, 1.165) is 74.6 Å². The molecule has 1 aromatic carbocycles. The van der Waals surface area contributed by atoms with Crippen LogP contribution in [0, 0.1) is 0 Å². The number of hydrogen-bond donors (Lipinski definition) is 1. The average Bonchev–Trinajstić information content (AvgIpc) is 2.78. The second kappa shape index (κ2) is 9.35. The van der Waals surface area contributed by atoms with Crippen molar-refractivity contribution in [3.8, 4) is 5.75 Å². The Kier molecular flexibility index (Phi) is 6.39. The van der Waals surface area contributed by atoms with Crippen molar-refractivity contribution in [3.63, 3.8) is 0 Å². The van der Waals surface area contributed by atoms with Gasteiger partial charge in [-0.1, -0.05) is 12.1 Å². The number of amides is 1. The fourth-order valence-electron chi connectivity index (χ4n) is 4.22. The Morgan fingerprint density at radius 1 is 1.28 bits per heavy atom. The van der Waals surface area contributed by atoms with Crippen molar-refractivity contribution in [1.82, 2.24) is 20.2 Å². The maximum atomic E-state index is 13.0. The maximum Gasteiger partial charge on any atom is 0.223 e. The summed E-state index contributed by atoms with van der Waals surface area (Å²) in [5.74, 6) is 1.89. The van der Waals surface area contributed by atoms with E-state index in [0.29, 0.717) is 13.0 Å². The fraction of sp³-hybridized carbons (Fsp3) is 0.522. The minimum atomic E-state index is 0.0109. The van der Waals surface area contributed by atoms with Gasteiger partial charge in [-0.3, -0.25) is 4.79 Å². The van der Waals surface area contributed by atoms with Gasteiger partial charge in [0.15, 0.2) is 5.82 Å². The second-order valence-electron chi connectivity index (χ2n) is 7.80. The number of rotatable bonds is 6. The molecule has 3 heterocycles. The molecule has 1 atom stereocenters. The monoisotopic (exact) mass is 394 g/mol. The third kappa shape index (κ3) is 4.75. The summed E-state index contributed by atoms with van der Waals surface area (Å²) in [4.78, 5) is 24.6. The molecule has 0 aliphatic carbocycles. The molecule has 1 N–H and O–H groups in total. The summed E-state index contributed by atoms with van der Waals surface area (Å²) in [5, 5.41) is 3.36. The third-order valence-corrected chi connectivity index (χ3v) is 5.81. The Morgan fingerprint density at radius 2 is 2.14 bits per heavy atom. The number of nitrogens with zero attached hydrogens (tertiary/aromatic N) is 3. The summed E-state index contributed by atoms with van der Waals surface area (Å²) in [6.45, 7) is 5.23. The van der Waals surface area contributed by atoms with Crippen LogP contribution in [0.5, 0.6) is 5.75 Å². The van der Waals surface area contributed by atoms with Crippen LogP contribution in [0.25, 0.3) is 0 Å². The molecule has 2 aromatic rings. The Balaban J connectivity index is 1.42. The molecule has 1 fully saturated rings. The molecule has 2 aliphatic heterocycles. The Hall–Kier alpha value is -2.47. The highest BCUT2D eigenvalue weighted by Gasteiger charge is 2.30. The lowest BCUT2D eigenvalue weighted by Crippen LogP contribution is -2.39. The van der Waals surface area contributed by atoms with Crippen molar-refractivity contribution in [3.05, 3.63) is 53.1 Å². The second-order valence-corrected chi connectivity index (χ2v) is 7.80. The highest BCUT2D eigenvalue weighted by molar-refractivity contribution is 5.77. The molecule has 1 amide bonds. The van der Waals surface area contributed by atoms with Crippen LogP contribution in [0.3, 0.4) is 0 Å². The standard InChI is InChI=1S/C23H30N4O2/c1-2-29-19-9-6-17(7-10-19)8-11-22(28)27-14-4-3-5-21(27)23-25-16-18-15-24-13-12-20(18)26-23/h6-7,9-10,16,21,24H,2-5,8,11-15H2,1H3/t21-/m0/s1. The zero-order chi connectivity index (χ0) is 20.1. The van der Waals surface area contributed by atoms with E-state index < -0.39 is 0 Å². The van der Waals surface area contributed by atoms with Crippen LogP contribution < -0.4 is 10.1 Å². The lowest BCUT2D eigenvalue weighted by molar-refractivity contribution is -0.135. The first-order valence-corrected chi connectivity index (χ1v) is 10.8. The van der Waals surface area contributed by atoms with Crippen LogP contribution in [0.2, 0.25) is 0 Å². The van der Waals surface area contributed by atoms with Gasteiger partial charge >= 0.3 is 0 Å². The number of aromatic nitrogens is 2. The van der Waals surface area contributed by atoms with E-state index in [9.17, 15) is 4.79 Å². The third-order valence-electron chi connectivity index (χ3n) is 5.81. The van der Waals surface area contributed by atoms with Crippen LogP contribution in [-0.2, 0) is 24.2 Å². The van der Waals surface area contributed by atoms with Gasteiger partial charge in [-0.15, -0.1) is 0 Å². The predicted octanol–water partition coefficient (Wildman–Crippen LogP) is 3.21. The van der Waals surface area contributed by atoms with E-state index in [1.165, 1.54) is 5.56 Å². The van der Waals surface area contributed by atoms with E-state index in [1.54, 1.807) is 0 Å². The molecule has 6 heteroatoms. The largest absolute Gasteiger partial charge is 0.494 e. The highest BCUT2D eigenvalue weighted by atomic mass is 16.5. The normalized spacial score (nSPS) is 18.9. The molecule has 2 aliphatic rings. The number of aryl methyl sites for hydroxylation is 1. The van der Waals surface area contributed by atoms with Crippen molar-refractivity contribution < 1.29 is 9.53 Å². The summed E-state index contributed by atoms with van der Waals surface area (Å²) in [6, 6.07) is 8.06. The molecule has 154 valence electrons. The zero-order valence-electron chi connectivity index (χ0n) is 17.2. The van der Waals surface area contributed by atoms with Crippen molar-refractivity contribution in [2.24, 2.45) is 0 Å². The number of hydrogen-bond acceptors (Lipinski definition) is 5. The van der Waals surface area contributed by atoms with Gasteiger partial charge in [-0.25, -0.2) is 9.97 Å². The minimum Gasteiger partial charge on any atom is -0.494 e. The number of benzene rings is 1. The summed E-state index contributed by atoms with van der Waals surface area (Å²) >= 11 is 0. The smallest absolute Gasteiger partial charge is 0.223 e. The number of likely N-dealkylation sites (tertiary alicyclic amines) is 1. The van der Waals surface area contributed by atoms with Gasteiger partial charge in [0.2, 0.25) is 5.91 Å². The summed E-state index contributed by atoms with van der Waals surface area (Å²) < 4.78 is 5.49. The Labute approximate surface area is 172 Å². The predicted molar refractivity (Wildman–Crippen MR) is 112 cm³/mol. The van der Waals surface area contributed by atoms with Crippen molar-refractivity contribution in [2.75, 3.05) is 19.7 Å². The maximum absolute atomic E-state index is 13.0. The molecule has 4 rings (SSSR count). The SMILES string of the molecule is CCOc1ccc(CCC(=O)N2CCCC[C@H]2c2ncc3c(n2)CCNC3)cc1. The van der Waals surface area contributed by atoms with Gasteiger partial charge in [-0.05, 0) is 50.3 Å². The number of piperidine rings is 1. The molecule has 0 spiro atoms. The average molecular weight is 395 g/mol. The van der Waals surface area contributed by atoms with E-state index >= 15 is 0 Å². The molecule has 1 saturated heterocycles. The summed E-state index contributed by atoms with van der Waals surface area (Å²) in [7, 11) is 0. The van der Waals surface area contributed by atoms with Crippen molar-refractivity contribution in [2.45, 2.75) is 58.0 Å². The Bertz CT molecular complexity index is 837. The van der Waals surface area contributed by atoms with Gasteiger partial charge in [0, 0.05) is 49.9 Å². The lowest BCUT2D eigenvalue weighted by atomic mass is 9.99. The van der Waals surface area contributed by atoms with Gasteiger partial charge < -0.3 is 15.0 Å². The quantitative estimate of drug-likeness (QED) is 0.815. The molecular weight excluding hydrogens is 364 g/mol. The van der Waals surface area contributed by atoms with Crippen LogP contribution in [0.1, 0.15) is 61.3 Å². The number of carbonyl (C=O) groups is 1. The van der Waals surface area contributed by atoms with Gasteiger partial charge in [-0.2, -0.15) is 0 Å². The first-order valence-electron chi connectivity index (χ1n) is 10.8. The van der Waals surface area contributed by atoms with Gasteiger partial charge in [0.25, 0.3) is 0 Å². The fourth-order valence-corrected chi connectivity index (χ4v) is 4.22. The van der Waals surface area contributed by atoms with E-state index in [4.69, 9.17) is 9.72 Å². The number of fused-ring (bicyclic) bond motifs is 1. The van der Waals surface area contributed by atoms with Crippen LogP contribution in [0.4, 0.5) is 0 Å². The molecule has 6 nitrogen and oxygen atoms in total. The number of carbonyl (C=O) groups excluding carboxylic acids is 1. The minimum absolute atomic E-state index is 0.0109. The first-order chi connectivity index (χ1) is 14.2. The number of ether oxygens (including phenoxy) is 1. The lowest BCUT2D eigenvalue weighted by Gasteiger charge is -2.35.